The van der Waals surface area contributed by atoms with Crippen LogP contribution in [0.5, 0.6) is 0 Å². The average Bonchev–Trinajstić information content (AvgIpc) is 3.77. The summed E-state index contributed by atoms with van der Waals surface area (Å²) in [6.45, 7) is 0. The molecule has 1 N–H and O–H groups in total. The van der Waals surface area contributed by atoms with Crippen molar-refractivity contribution in [2.75, 3.05) is 0 Å². The minimum atomic E-state index is -0.0852. The highest BCUT2D eigenvalue weighted by Gasteiger charge is 2.31. The third-order valence-electron chi connectivity index (χ3n) is 10.0. The van der Waals surface area contributed by atoms with E-state index in [2.05, 4.69) is 201 Å². The molecule has 9 aromatic rings. The van der Waals surface area contributed by atoms with Crippen molar-refractivity contribution in [1.82, 2.24) is 8.43 Å². The molecular weight excluding hydrogens is 772 g/mol. The number of halogens is 1. The van der Waals surface area contributed by atoms with Gasteiger partial charge in [0.15, 0.2) is 0 Å². The molecule has 10 rings (SSSR count). The summed E-state index contributed by atoms with van der Waals surface area (Å²) in [5.74, 6) is 0. The zero-order valence-electron chi connectivity index (χ0n) is 27.5. The van der Waals surface area contributed by atoms with E-state index in [0.29, 0.717) is 0 Å². The van der Waals surface area contributed by atoms with E-state index in [0.717, 1.165) is 0 Å². The molecule has 244 valence electrons. The molecule has 0 amide bonds. The molecule has 2 unspecified atom stereocenters. The van der Waals surface area contributed by atoms with E-state index >= 15 is 0 Å². The monoisotopic (exact) mass is 802 g/mol. The number of hydrogen-bond donors (Lipinski definition) is 1. The van der Waals surface area contributed by atoms with E-state index in [-0.39, 0.29) is 12.2 Å². The van der Waals surface area contributed by atoms with Crippen molar-refractivity contribution >= 4 is 91.6 Å². The number of hydrogen-bond acceptors (Lipinski definition) is 4. The topological polar surface area (TPSA) is 15.3 Å². The van der Waals surface area contributed by atoms with Crippen molar-refractivity contribution in [3.05, 3.63) is 187 Å². The fourth-order valence-corrected chi connectivity index (χ4v) is 11.0. The number of fused-ring (bicyclic) bond motifs is 6. The second-order valence-corrected chi connectivity index (χ2v) is 16.2. The van der Waals surface area contributed by atoms with Gasteiger partial charge in [0.05, 0.1) is 34.6 Å². The molecule has 0 spiro atoms. The highest BCUT2D eigenvalue weighted by atomic mass is 127. The van der Waals surface area contributed by atoms with Crippen LogP contribution in [0.4, 0.5) is 0 Å². The van der Waals surface area contributed by atoms with Crippen LogP contribution in [0, 0.1) is 0 Å². The van der Waals surface area contributed by atoms with Crippen LogP contribution in [-0.2, 0) is 0 Å². The molecule has 2 aromatic heterocycles. The summed E-state index contributed by atoms with van der Waals surface area (Å²) < 4.78 is 7.69. The summed E-state index contributed by atoms with van der Waals surface area (Å²) in [5.41, 5.74) is 9.91. The van der Waals surface area contributed by atoms with Crippen molar-refractivity contribution in [3.63, 3.8) is 0 Å². The first-order valence-corrected chi connectivity index (χ1v) is 19.8. The molecule has 0 radical (unpaired) electrons. The number of thiophene rings is 2. The number of nitrogens with zero attached hydrogens (tertiary/aromatic N) is 1. The summed E-state index contributed by atoms with van der Waals surface area (Å²) in [4.78, 5) is 0. The Morgan fingerprint density at radius 3 is 1.57 bits per heavy atom. The van der Waals surface area contributed by atoms with Crippen molar-refractivity contribution in [2.24, 2.45) is 0 Å². The Bertz CT molecular complexity index is 2630. The Labute approximate surface area is 318 Å². The first-order chi connectivity index (χ1) is 25.2. The van der Waals surface area contributed by atoms with Gasteiger partial charge in [0.1, 0.15) is 6.17 Å². The molecule has 2 nitrogen and oxygen atoms in total. The molecule has 0 aliphatic carbocycles. The maximum absolute atomic E-state index is 4.06. The molecule has 2 atom stereocenters. The molecule has 51 heavy (non-hydrogen) atoms. The van der Waals surface area contributed by atoms with Crippen molar-refractivity contribution < 1.29 is 0 Å². The Balaban J connectivity index is 1.21. The van der Waals surface area contributed by atoms with E-state index in [1.54, 1.807) is 0 Å². The summed E-state index contributed by atoms with van der Waals surface area (Å²) in [5, 5.41) is 9.33. The van der Waals surface area contributed by atoms with Gasteiger partial charge in [-0.25, -0.2) is 0 Å². The van der Waals surface area contributed by atoms with Gasteiger partial charge in [-0.1, -0.05) is 133 Å². The number of benzene rings is 7. The second-order valence-electron chi connectivity index (χ2n) is 13.1. The Kier molecular flexibility index (Phi) is 7.75. The number of nitrogens with one attached hydrogen (secondary N) is 1. The van der Waals surface area contributed by atoms with E-state index < -0.39 is 0 Å². The molecule has 0 saturated carbocycles. The Morgan fingerprint density at radius 1 is 0.471 bits per heavy atom. The standard InChI is InChI=1S/C46H31IN2S2/c47-49-41(30-15-5-2-6-16-30)28-40(29-13-3-1-4-14-29)48-46(49)33-26-31(34-19-11-21-38-36-17-7-9-23-42(36)50-44(34)38)25-32(27-33)35-20-12-22-39-37-18-8-10-24-43(37)51-45(35)39/h1-28,40,46,48H. The fourth-order valence-electron chi connectivity index (χ4n) is 7.63. The van der Waals surface area contributed by atoms with Crippen LogP contribution in [0.3, 0.4) is 0 Å². The lowest BCUT2D eigenvalue weighted by Crippen LogP contribution is -2.38. The molecule has 0 bridgehead atoms. The first-order valence-electron chi connectivity index (χ1n) is 17.2. The summed E-state index contributed by atoms with van der Waals surface area (Å²) >= 11 is 6.31. The van der Waals surface area contributed by atoms with Gasteiger partial charge in [0.25, 0.3) is 0 Å². The van der Waals surface area contributed by atoms with Crippen LogP contribution < -0.4 is 5.32 Å². The van der Waals surface area contributed by atoms with E-state index in [4.69, 9.17) is 0 Å². The second kappa shape index (κ2) is 12.8. The third kappa shape index (κ3) is 5.38. The van der Waals surface area contributed by atoms with Gasteiger partial charge in [0.2, 0.25) is 0 Å². The van der Waals surface area contributed by atoms with Gasteiger partial charge < -0.3 is 0 Å². The molecule has 3 heterocycles. The van der Waals surface area contributed by atoms with Gasteiger partial charge in [-0.05, 0) is 75.4 Å². The minimum absolute atomic E-state index is 0.0431. The minimum Gasteiger partial charge on any atom is -0.294 e. The van der Waals surface area contributed by atoms with Gasteiger partial charge >= 0.3 is 0 Å². The van der Waals surface area contributed by atoms with Crippen molar-refractivity contribution in [2.45, 2.75) is 12.2 Å². The molecule has 7 aromatic carbocycles. The normalized spacial score (nSPS) is 16.3. The van der Waals surface area contributed by atoms with Crippen LogP contribution >= 0.6 is 45.5 Å². The average molecular weight is 803 g/mol. The van der Waals surface area contributed by atoms with Gasteiger partial charge in [0, 0.05) is 40.3 Å². The lowest BCUT2D eigenvalue weighted by Gasteiger charge is -2.39. The molecular formula is C46H31IN2S2. The summed E-state index contributed by atoms with van der Waals surface area (Å²) in [7, 11) is 0. The van der Waals surface area contributed by atoms with Crippen LogP contribution in [-0.4, -0.2) is 3.11 Å². The van der Waals surface area contributed by atoms with Crippen LogP contribution in [0.2, 0.25) is 0 Å². The molecule has 0 saturated heterocycles. The number of rotatable bonds is 5. The summed E-state index contributed by atoms with van der Waals surface area (Å²) in [6, 6.07) is 60.1. The Hall–Kier alpha value is -4.79. The van der Waals surface area contributed by atoms with Gasteiger partial charge in [-0.3, -0.25) is 8.43 Å². The zero-order valence-corrected chi connectivity index (χ0v) is 31.3. The van der Waals surface area contributed by atoms with Crippen LogP contribution in [0.1, 0.15) is 28.9 Å². The van der Waals surface area contributed by atoms with Crippen molar-refractivity contribution in [3.8, 4) is 22.3 Å². The Morgan fingerprint density at radius 2 is 0.980 bits per heavy atom. The molecule has 1 aliphatic rings. The lowest BCUT2D eigenvalue weighted by atomic mass is 9.92. The smallest absolute Gasteiger partial charge is 0.116 e. The maximum Gasteiger partial charge on any atom is 0.116 e. The third-order valence-corrected chi connectivity index (χ3v) is 13.6. The van der Waals surface area contributed by atoms with Gasteiger partial charge in [-0.2, -0.15) is 0 Å². The van der Waals surface area contributed by atoms with E-state index in [1.165, 1.54) is 85.0 Å². The zero-order chi connectivity index (χ0) is 33.9. The van der Waals surface area contributed by atoms with E-state index in [9.17, 15) is 0 Å². The molecule has 1 aliphatic heterocycles. The largest absolute Gasteiger partial charge is 0.294 e. The highest BCUT2D eigenvalue weighted by molar-refractivity contribution is 14.1. The predicted octanol–water partition coefficient (Wildman–Crippen LogP) is 13.8. The highest BCUT2D eigenvalue weighted by Crippen LogP contribution is 2.46. The maximum atomic E-state index is 4.06. The van der Waals surface area contributed by atoms with Crippen LogP contribution in [0.25, 0.3) is 68.3 Å². The quantitative estimate of drug-likeness (QED) is 0.138. The lowest BCUT2D eigenvalue weighted by molar-refractivity contribution is 0.363. The van der Waals surface area contributed by atoms with Crippen LogP contribution in [0.15, 0.2) is 170 Å². The van der Waals surface area contributed by atoms with E-state index in [1.807, 2.05) is 22.7 Å². The first kappa shape index (κ1) is 31.0. The van der Waals surface area contributed by atoms with Crippen molar-refractivity contribution in [1.29, 1.82) is 0 Å². The SMILES string of the molecule is IN1C(c2ccccc2)=CC(c2ccccc2)NC1c1cc(-c2cccc3c2sc2ccccc23)cc(-c2cccc3c2sc2ccccc23)c1. The predicted molar refractivity (Wildman–Crippen MR) is 228 cm³/mol. The van der Waals surface area contributed by atoms with Gasteiger partial charge in [-0.15, -0.1) is 22.7 Å². The molecule has 0 fully saturated rings. The fraction of sp³-hybridized carbons (Fsp3) is 0.0435. The molecule has 5 heteroatoms. The summed E-state index contributed by atoms with van der Waals surface area (Å²) in [6.07, 6.45) is 2.28.